The van der Waals surface area contributed by atoms with E-state index in [4.69, 9.17) is 9.05 Å². The zero-order valence-corrected chi connectivity index (χ0v) is 12.3. The predicted octanol–water partition coefficient (Wildman–Crippen LogP) is 3.13. The fourth-order valence-corrected chi connectivity index (χ4v) is 2.23. The molecule has 2 aromatic heterocycles. The Hall–Kier alpha value is -2.89. The molecule has 1 aromatic carbocycles. The minimum Gasteiger partial charge on any atom is -0.361 e. The molecule has 22 heavy (non-hydrogen) atoms. The molecule has 0 spiro atoms. The van der Waals surface area contributed by atoms with Crippen molar-refractivity contribution in [2.24, 2.45) is 0 Å². The average Bonchev–Trinajstić information content (AvgIpc) is 3.06. The number of nitrogens with one attached hydrogen (secondary N) is 1. The van der Waals surface area contributed by atoms with Gasteiger partial charge in [0.25, 0.3) is 0 Å². The Morgan fingerprint density at radius 3 is 2.59 bits per heavy atom. The Kier molecular flexibility index (Phi) is 3.74. The number of carbonyl (C=O) groups is 1. The molecule has 1 N–H and O–H groups in total. The molecule has 0 fully saturated rings. The van der Waals surface area contributed by atoms with Gasteiger partial charge in [0, 0.05) is 6.07 Å². The molecule has 6 heteroatoms. The molecule has 0 aliphatic carbocycles. The summed E-state index contributed by atoms with van der Waals surface area (Å²) in [7, 11) is 0. The summed E-state index contributed by atoms with van der Waals surface area (Å²) in [6, 6.07) is 11.4. The van der Waals surface area contributed by atoms with Gasteiger partial charge in [0.05, 0.1) is 23.4 Å². The van der Waals surface area contributed by atoms with Crippen LogP contribution in [0.3, 0.4) is 0 Å². The average molecular weight is 297 g/mol. The van der Waals surface area contributed by atoms with Crippen LogP contribution >= 0.6 is 0 Å². The summed E-state index contributed by atoms with van der Waals surface area (Å²) < 4.78 is 10.3. The molecule has 6 nitrogen and oxygen atoms in total. The number of anilines is 1. The summed E-state index contributed by atoms with van der Waals surface area (Å²) in [5.74, 6) is 0.599. The van der Waals surface area contributed by atoms with Crippen LogP contribution in [0, 0.1) is 13.8 Å². The summed E-state index contributed by atoms with van der Waals surface area (Å²) >= 11 is 0. The lowest BCUT2D eigenvalue weighted by Gasteiger charge is -2.04. The highest BCUT2D eigenvalue weighted by Crippen LogP contribution is 2.31. The van der Waals surface area contributed by atoms with Gasteiger partial charge < -0.3 is 9.05 Å². The van der Waals surface area contributed by atoms with E-state index in [0.717, 1.165) is 22.5 Å². The predicted molar refractivity (Wildman–Crippen MR) is 80.2 cm³/mol. The van der Waals surface area contributed by atoms with Gasteiger partial charge in [-0.05, 0) is 19.4 Å². The number of hydrogen-bond acceptors (Lipinski definition) is 5. The van der Waals surface area contributed by atoms with Gasteiger partial charge in [0.2, 0.25) is 11.8 Å². The van der Waals surface area contributed by atoms with Gasteiger partial charge in [0.15, 0.2) is 0 Å². The second-order valence-corrected chi connectivity index (χ2v) is 5.00. The first-order valence-corrected chi connectivity index (χ1v) is 6.87. The normalized spacial score (nSPS) is 10.6. The largest absolute Gasteiger partial charge is 0.361 e. The van der Waals surface area contributed by atoms with Crippen molar-refractivity contribution in [3.63, 3.8) is 0 Å². The molecule has 0 atom stereocenters. The highest BCUT2D eigenvalue weighted by atomic mass is 16.5. The molecule has 0 saturated heterocycles. The Morgan fingerprint density at radius 2 is 1.91 bits per heavy atom. The van der Waals surface area contributed by atoms with E-state index in [2.05, 4.69) is 15.6 Å². The summed E-state index contributed by atoms with van der Waals surface area (Å²) in [5, 5.41) is 10.4. The first-order valence-electron chi connectivity index (χ1n) is 6.87. The summed E-state index contributed by atoms with van der Waals surface area (Å²) in [5.41, 5.74) is 3.18. The fourth-order valence-electron chi connectivity index (χ4n) is 2.23. The van der Waals surface area contributed by atoms with E-state index in [0.29, 0.717) is 11.6 Å². The zero-order chi connectivity index (χ0) is 15.5. The summed E-state index contributed by atoms with van der Waals surface area (Å²) in [6.07, 6.45) is 0.0921. The van der Waals surface area contributed by atoms with E-state index >= 15 is 0 Å². The lowest BCUT2D eigenvalue weighted by molar-refractivity contribution is -0.116. The van der Waals surface area contributed by atoms with Crippen molar-refractivity contribution in [2.75, 3.05) is 5.32 Å². The third-order valence-electron chi connectivity index (χ3n) is 3.19. The third-order valence-corrected chi connectivity index (χ3v) is 3.19. The Bertz CT molecular complexity index is 790. The number of aryl methyl sites for hydroxylation is 2. The van der Waals surface area contributed by atoms with E-state index in [1.165, 1.54) is 0 Å². The molecule has 112 valence electrons. The van der Waals surface area contributed by atoms with Crippen LogP contribution in [0.25, 0.3) is 11.1 Å². The van der Waals surface area contributed by atoms with Crippen LogP contribution in [0.4, 0.5) is 5.88 Å². The van der Waals surface area contributed by atoms with Gasteiger partial charge in [-0.25, -0.2) is 0 Å². The van der Waals surface area contributed by atoms with Crippen LogP contribution in [0.1, 0.15) is 17.1 Å². The summed E-state index contributed by atoms with van der Waals surface area (Å²) in [4.78, 5) is 12.1. The smallest absolute Gasteiger partial charge is 0.239 e. The molecule has 0 aliphatic heterocycles. The van der Waals surface area contributed by atoms with Crippen molar-refractivity contribution in [2.45, 2.75) is 20.3 Å². The fraction of sp³-hybridized carbons (Fsp3) is 0.188. The lowest BCUT2D eigenvalue weighted by atomic mass is 10.1. The molecule has 0 unspecified atom stereocenters. The van der Waals surface area contributed by atoms with Gasteiger partial charge in [-0.15, -0.1) is 0 Å². The quantitative estimate of drug-likeness (QED) is 0.800. The molecule has 1 amide bonds. The molecular weight excluding hydrogens is 282 g/mol. The highest BCUT2D eigenvalue weighted by molar-refractivity contribution is 5.94. The van der Waals surface area contributed by atoms with Crippen molar-refractivity contribution in [3.8, 4) is 11.1 Å². The maximum Gasteiger partial charge on any atom is 0.239 e. The van der Waals surface area contributed by atoms with Crippen molar-refractivity contribution in [3.05, 3.63) is 53.5 Å². The minimum absolute atomic E-state index is 0.0921. The Labute approximate surface area is 127 Å². The Balaban J connectivity index is 1.80. The van der Waals surface area contributed by atoms with E-state index in [1.807, 2.05) is 37.3 Å². The van der Waals surface area contributed by atoms with Gasteiger partial charge >= 0.3 is 0 Å². The number of hydrogen-bond donors (Lipinski definition) is 1. The maximum absolute atomic E-state index is 12.1. The van der Waals surface area contributed by atoms with Gasteiger partial charge in [-0.1, -0.05) is 40.6 Å². The number of aromatic nitrogens is 2. The van der Waals surface area contributed by atoms with Gasteiger partial charge in [-0.2, -0.15) is 0 Å². The van der Waals surface area contributed by atoms with Crippen LogP contribution in [0.15, 0.2) is 45.4 Å². The molecule has 2 heterocycles. The van der Waals surface area contributed by atoms with Crippen molar-refractivity contribution >= 4 is 11.8 Å². The molecule has 0 saturated carbocycles. The van der Waals surface area contributed by atoms with Crippen LogP contribution in [-0.2, 0) is 11.2 Å². The maximum atomic E-state index is 12.1. The van der Waals surface area contributed by atoms with Gasteiger partial charge in [0.1, 0.15) is 5.76 Å². The monoisotopic (exact) mass is 297 g/mol. The SMILES string of the molecule is Cc1cc(CC(=O)Nc2onc(C)c2-c2ccccc2)on1. The van der Waals surface area contributed by atoms with Crippen molar-refractivity contribution in [1.82, 2.24) is 10.3 Å². The first kappa shape index (κ1) is 14.1. The second-order valence-electron chi connectivity index (χ2n) is 5.00. The third kappa shape index (κ3) is 2.90. The number of nitrogens with zero attached hydrogens (tertiary/aromatic N) is 2. The highest BCUT2D eigenvalue weighted by Gasteiger charge is 2.18. The number of amides is 1. The molecule has 3 aromatic rings. The van der Waals surface area contributed by atoms with E-state index < -0.39 is 0 Å². The van der Waals surface area contributed by atoms with E-state index in [1.54, 1.807) is 13.0 Å². The molecule has 0 radical (unpaired) electrons. The number of carbonyl (C=O) groups excluding carboxylic acids is 1. The lowest BCUT2D eigenvalue weighted by Crippen LogP contribution is -2.14. The molecular formula is C16H15N3O3. The van der Waals surface area contributed by atoms with Crippen molar-refractivity contribution < 1.29 is 13.8 Å². The topological polar surface area (TPSA) is 81.2 Å². The number of rotatable bonds is 4. The van der Waals surface area contributed by atoms with E-state index in [-0.39, 0.29) is 12.3 Å². The van der Waals surface area contributed by atoms with Crippen LogP contribution in [0.2, 0.25) is 0 Å². The first-order chi connectivity index (χ1) is 10.6. The molecule has 0 aliphatic rings. The van der Waals surface area contributed by atoms with Crippen LogP contribution < -0.4 is 5.32 Å². The number of benzene rings is 1. The molecule has 3 rings (SSSR count). The van der Waals surface area contributed by atoms with Crippen LogP contribution in [-0.4, -0.2) is 16.2 Å². The minimum atomic E-state index is -0.246. The van der Waals surface area contributed by atoms with Crippen LogP contribution in [0.5, 0.6) is 0 Å². The zero-order valence-electron chi connectivity index (χ0n) is 12.3. The Morgan fingerprint density at radius 1 is 1.14 bits per heavy atom. The molecule has 0 bridgehead atoms. The second kappa shape index (κ2) is 5.85. The van der Waals surface area contributed by atoms with Gasteiger partial charge in [-0.3, -0.25) is 10.1 Å². The standard InChI is InChI=1S/C16H15N3O3/c1-10-8-13(21-18-10)9-14(20)17-16-15(11(2)19-22-16)12-6-4-3-5-7-12/h3-8H,9H2,1-2H3,(H,17,20). The van der Waals surface area contributed by atoms with E-state index in [9.17, 15) is 4.79 Å². The van der Waals surface area contributed by atoms with Crippen molar-refractivity contribution in [1.29, 1.82) is 0 Å². The summed E-state index contributed by atoms with van der Waals surface area (Å²) in [6.45, 7) is 3.64.